The molecule has 0 saturated carbocycles. The van der Waals surface area contributed by atoms with Crippen LogP contribution < -0.4 is 10.6 Å². The lowest BCUT2D eigenvalue weighted by atomic mass is 10.2. The Morgan fingerprint density at radius 3 is 2.42 bits per heavy atom. The summed E-state index contributed by atoms with van der Waals surface area (Å²) >= 11 is 6.12. The van der Waals surface area contributed by atoms with Crippen LogP contribution in [0, 0.1) is 11.3 Å². The van der Waals surface area contributed by atoms with Gasteiger partial charge in [-0.2, -0.15) is 5.26 Å². The summed E-state index contributed by atoms with van der Waals surface area (Å²) in [6, 6.07) is 5.47. The van der Waals surface area contributed by atoms with Crippen molar-refractivity contribution in [2.24, 2.45) is 0 Å². The molecule has 0 radical (unpaired) electrons. The molecule has 0 amide bonds. The zero-order valence-corrected chi connectivity index (χ0v) is 16.0. The molecule has 2 heterocycles. The SMILES string of the molecule is CCNc1nc2cc(Cl)c(C#N)cc2nc1NCCN1CCN(C)CC1. The minimum atomic E-state index is 0.396. The second-order valence-corrected chi connectivity index (χ2v) is 6.86. The molecule has 0 aliphatic carbocycles. The van der Waals surface area contributed by atoms with Gasteiger partial charge in [0.05, 0.1) is 21.6 Å². The van der Waals surface area contributed by atoms with Crippen molar-refractivity contribution in [3.63, 3.8) is 0 Å². The van der Waals surface area contributed by atoms with Gasteiger partial charge in [0.1, 0.15) is 6.07 Å². The van der Waals surface area contributed by atoms with Gasteiger partial charge in [0.2, 0.25) is 0 Å². The molecule has 1 aromatic heterocycles. The highest BCUT2D eigenvalue weighted by atomic mass is 35.5. The third-order valence-corrected chi connectivity index (χ3v) is 4.85. The van der Waals surface area contributed by atoms with Crippen molar-refractivity contribution < 1.29 is 0 Å². The Morgan fingerprint density at radius 1 is 1.12 bits per heavy atom. The number of halogens is 1. The molecule has 0 spiro atoms. The Balaban J connectivity index is 1.76. The van der Waals surface area contributed by atoms with Crippen LogP contribution >= 0.6 is 11.6 Å². The van der Waals surface area contributed by atoms with Gasteiger partial charge in [0, 0.05) is 45.8 Å². The predicted octanol–water partition coefficient (Wildman–Crippen LogP) is 2.25. The van der Waals surface area contributed by atoms with E-state index in [1.165, 1.54) is 0 Å². The van der Waals surface area contributed by atoms with E-state index in [2.05, 4.69) is 43.5 Å². The summed E-state index contributed by atoms with van der Waals surface area (Å²) in [5, 5.41) is 16.2. The maximum Gasteiger partial charge on any atom is 0.169 e. The van der Waals surface area contributed by atoms with E-state index >= 15 is 0 Å². The average Bonchev–Trinajstić information content (AvgIpc) is 2.63. The smallest absolute Gasteiger partial charge is 0.169 e. The van der Waals surface area contributed by atoms with E-state index in [-0.39, 0.29) is 0 Å². The molecular formula is C18H24ClN7. The highest BCUT2D eigenvalue weighted by Gasteiger charge is 2.14. The van der Waals surface area contributed by atoms with Crippen molar-refractivity contribution in [3.8, 4) is 6.07 Å². The Hall–Kier alpha value is -2.14. The standard InChI is InChI=1S/C18H24ClN7/c1-3-21-17-18(22-4-5-26-8-6-25(2)7-9-26)23-15-10-13(12-20)14(19)11-16(15)24-17/h10-11H,3-9H2,1-2H3,(H,21,24)(H,22,23). The van der Waals surface area contributed by atoms with Crippen molar-refractivity contribution in [1.29, 1.82) is 5.26 Å². The summed E-state index contributed by atoms with van der Waals surface area (Å²) in [7, 11) is 2.16. The Morgan fingerprint density at radius 2 is 1.77 bits per heavy atom. The number of hydrogen-bond acceptors (Lipinski definition) is 7. The number of nitrogens with zero attached hydrogens (tertiary/aromatic N) is 5. The lowest BCUT2D eigenvalue weighted by Gasteiger charge is -2.32. The van der Waals surface area contributed by atoms with Crippen molar-refractivity contribution in [3.05, 3.63) is 22.7 Å². The summed E-state index contributed by atoms with van der Waals surface area (Å²) in [6.45, 7) is 8.91. The van der Waals surface area contributed by atoms with Gasteiger partial charge in [-0.3, -0.25) is 4.90 Å². The maximum absolute atomic E-state index is 9.17. The molecular weight excluding hydrogens is 350 g/mol. The van der Waals surface area contributed by atoms with E-state index < -0.39 is 0 Å². The van der Waals surface area contributed by atoms with Crippen LogP contribution in [-0.4, -0.2) is 72.6 Å². The lowest BCUT2D eigenvalue weighted by molar-refractivity contribution is 0.158. The van der Waals surface area contributed by atoms with Gasteiger partial charge in [-0.15, -0.1) is 0 Å². The van der Waals surface area contributed by atoms with E-state index in [4.69, 9.17) is 11.6 Å². The van der Waals surface area contributed by atoms with Gasteiger partial charge in [-0.1, -0.05) is 11.6 Å². The molecule has 0 atom stereocenters. The molecule has 3 rings (SSSR count). The van der Waals surface area contributed by atoms with Crippen molar-refractivity contribution in [1.82, 2.24) is 19.8 Å². The quantitative estimate of drug-likeness (QED) is 0.803. The third kappa shape index (κ3) is 4.33. The third-order valence-electron chi connectivity index (χ3n) is 4.53. The highest BCUT2D eigenvalue weighted by Crippen LogP contribution is 2.26. The Kier molecular flexibility index (Phi) is 6.09. The van der Waals surface area contributed by atoms with Gasteiger partial charge in [0.25, 0.3) is 0 Å². The van der Waals surface area contributed by atoms with Crippen LogP contribution in [0.1, 0.15) is 12.5 Å². The molecule has 7 nitrogen and oxygen atoms in total. The minimum Gasteiger partial charge on any atom is -0.367 e. The number of anilines is 2. The topological polar surface area (TPSA) is 80.1 Å². The molecule has 1 fully saturated rings. The van der Waals surface area contributed by atoms with Crippen LogP contribution in [0.15, 0.2) is 12.1 Å². The summed E-state index contributed by atoms with van der Waals surface area (Å²) in [4.78, 5) is 14.1. The van der Waals surface area contributed by atoms with Crippen molar-refractivity contribution in [2.75, 3.05) is 63.5 Å². The second-order valence-electron chi connectivity index (χ2n) is 6.46. The van der Waals surface area contributed by atoms with Gasteiger partial charge >= 0.3 is 0 Å². The fourth-order valence-corrected chi connectivity index (χ4v) is 3.18. The number of fused-ring (bicyclic) bond motifs is 1. The molecule has 1 aliphatic heterocycles. The molecule has 26 heavy (non-hydrogen) atoms. The fraction of sp³-hybridized carbons (Fsp3) is 0.500. The average molecular weight is 374 g/mol. The van der Waals surface area contributed by atoms with Gasteiger partial charge in [-0.25, -0.2) is 9.97 Å². The van der Waals surface area contributed by atoms with Crippen LogP contribution in [-0.2, 0) is 0 Å². The number of benzene rings is 1. The van der Waals surface area contributed by atoms with Crippen LogP contribution in [0.3, 0.4) is 0 Å². The molecule has 1 saturated heterocycles. The van der Waals surface area contributed by atoms with Gasteiger partial charge in [-0.05, 0) is 26.1 Å². The first-order valence-electron chi connectivity index (χ1n) is 8.90. The first-order chi connectivity index (χ1) is 12.6. The van der Waals surface area contributed by atoms with E-state index in [1.807, 2.05) is 6.92 Å². The van der Waals surface area contributed by atoms with E-state index in [0.717, 1.165) is 45.8 Å². The molecule has 0 bridgehead atoms. The number of rotatable bonds is 6. The van der Waals surface area contributed by atoms with Gasteiger partial charge in [0.15, 0.2) is 11.6 Å². The molecule has 1 aromatic carbocycles. The number of nitrogens with one attached hydrogen (secondary N) is 2. The summed E-state index contributed by atoms with van der Waals surface area (Å²) < 4.78 is 0. The van der Waals surface area contributed by atoms with Crippen LogP contribution in [0.2, 0.25) is 5.02 Å². The highest BCUT2D eigenvalue weighted by molar-refractivity contribution is 6.32. The van der Waals surface area contributed by atoms with Crippen LogP contribution in [0.4, 0.5) is 11.6 Å². The summed E-state index contributed by atoms with van der Waals surface area (Å²) in [5.74, 6) is 1.42. The molecule has 2 N–H and O–H groups in total. The minimum absolute atomic E-state index is 0.396. The predicted molar refractivity (Wildman–Crippen MR) is 106 cm³/mol. The van der Waals surface area contributed by atoms with E-state index in [1.54, 1.807) is 12.1 Å². The fourth-order valence-electron chi connectivity index (χ4n) is 2.98. The zero-order valence-electron chi connectivity index (χ0n) is 15.2. The first kappa shape index (κ1) is 18.6. The second kappa shape index (κ2) is 8.49. The number of aromatic nitrogens is 2. The Labute approximate surface area is 159 Å². The monoisotopic (exact) mass is 373 g/mol. The van der Waals surface area contributed by atoms with E-state index in [0.29, 0.717) is 33.3 Å². The summed E-state index contributed by atoms with van der Waals surface area (Å²) in [5.41, 5.74) is 1.75. The number of piperazine rings is 1. The molecule has 0 unspecified atom stereocenters. The zero-order chi connectivity index (χ0) is 18.5. The van der Waals surface area contributed by atoms with Gasteiger partial charge < -0.3 is 15.5 Å². The molecule has 2 aromatic rings. The summed E-state index contributed by atoms with van der Waals surface area (Å²) in [6.07, 6.45) is 0. The number of nitriles is 1. The van der Waals surface area contributed by atoms with Crippen LogP contribution in [0.5, 0.6) is 0 Å². The van der Waals surface area contributed by atoms with E-state index in [9.17, 15) is 5.26 Å². The first-order valence-corrected chi connectivity index (χ1v) is 9.28. The van der Waals surface area contributed by atoms with Crippen molar-refractivity contribution in [2.45, 2.75) is 6.92 Å². The number of hydrogen-bond donors (Lipinski definition) is 2. The van der Waals surface area contributed by atoms with Crippen molar-refractivity contribution >= 4 is 34.3 Å². The Bertz CT molecular complexity index is 809. The lowest BCUT2D eigenvalue weighted by Crippen LogP contribution is -2.45. The normalized spacial score (nSPS) is 15.8. The van der Waals surface area contributed by atoms with Crippen LogP contribution in [0.25, 0.3) is 11.0 Å². The molecule has 1 aliphatic rings. The molecule has 138 valence electrons. The molecule has 8 heteroatoms. The largest absolute Gasteiger partial charge is 0.367 e. The maximum atomic E-state index is 9.17. The number of likely N-dealkylation sites (N-methyl/N-ethyl adjacent to an activating group) is 1.